The minimum atomic E-state index is 0.867. The molecule has 8 aromatic carbocycles. The number of rotatable bonds is 4. The highest BCUT2D eigenvalue weighted by Crippen LogP contribution is 2.45. The maximum atomic E-state index is 6.82. The Kier molecular flexibility index (Phi) is 5.53. The summed E-state index contributed by atoms with van der Waals surface area (Å²) in [6.45, 7) is 0. The van der Waals surface area contributed by atoms with Crippen molar-refractivity contribution in [2.75, 3.05) is 0 Å². The number of hydrogen-bond donors (Lipinski definition) is 0. The Morgan fingerprint density at radius 1 is 0.317 bits per heavy atom. The van der Waals surface area contributed by atoms with Gasteiger partial charge in [0.15, 0.2) is 0 Å². The summed E-state index contributed by atoms with van der Waals surface area (Å²) in [6.07, 6.45) is 0. The lowest BCUT2D eigenvalue weighted by Crippen LogP contribution is -1.93. The van der Waals surface area contributed by atoms with Crippen molar-refractivity contribution >= 4 is 43.1 Å². The van der Waals surface area contributed by atoms with Gasteiger partial charge in [0.25, 0.3) is 0 Å². The maximum absolute atomic E-state index is 6.82. The van der Waals surface area contributed by atoms with Crippen LogP contribution in [0.3, 0.4) is 0 Å². The maximum Gasteiger partial charge on any atom is 0.143 e. The van der Waals surface area contributed by atoms with Gasteiger partial charge >= 0.3 is 0 Å². The normalized spacial score (nSPS) is 11.4. The van der Waals surface area contributed by atoms with E-state index in [1.807, 2.05) is 0 Å². The molecule has 0 spiro atoms. The third kappa shape index (κ3) is 4.02. The van der Waals surface area contributed by atoms with Crippen LogP contribution in [0.4, 0.5) is 0 Å². The molecular formula is C40H26O. The standard InChI is InChI=1S/C40H26O/c1-2-12-31-26-32(25-22-27(31)10-1)28-20-23-30(24-21-28)39-34-15-5-7-17-36(34)40(37-18-8-6-16-35(37)39)41-38-19-9-13-29-11-3-4-14-33(29)38/h1-26H. The van der Waals surface area contributed by atoms with Gasteiger partial charge in [-0.2, -0.15) is 0 Å². The largest absolute Gasteiger partial charge is 0.455 e. The van der Waals surface area contributed by atoms with E-state index < -0.39 is 0 Å². The van der Waals surface area contributed by atoms with Crippen LogP contribution in [0.2, 0.25) is 0 Å². The Morgan fingerprint density at radius 3 is 1.54 bits per heavy atom. The van der Waals surface area contributed by atoms with E-state index in [0.717, 1.165) is 27.7 Å². The van der Waals surface area contributed by atoms with Gasteiger partial charge in [0.1, 0.15) is 11.5 Å². The van der Waals surface area contributed by atoms with Gasteiger partial charge in [0.05, 0.1) is 0 Å². The third-order valence-electron chi connectivity index (χ3n) is 8.10. The van der Waals surface area contributed by atoms with Crippen molar-refractivity contribution in [2.45, 2.75) is 0 Å². The van der Waals surface area contributed by atoms with Gasteiger partial charge in [-0.05, 0) is 61.3 Å². The molecule has 8 aromatic rings. The third-order valence-corrected chi connectivity index (χ3v) is 8.10. The predicted molar refractivity (Wildman–Crippen MR) is 174 cm³/mol. The van der Waals surface area contributed by atoms with Gasteiger partial charge in [0, 0.05) is 16.2 Å². The summed E-state index contributed by atoms with van der Waals surface area (Å²) in [7, 11) is 0. The second-order valence-corrected chi connectivity index (χ2v) is 10.5. The molecule has 192 valence electrons. The summed E-state index contributed by atoms with van der Waals surface area (Å²) in [5.74, 6) is 1.76. The first-order chi connectivity index (χ1) is 20.3. The van der Waals surface area contributed by atoms with Gasteiger partial charge in [-0.1, -0.05) is 146 Å². The molecule has 41 heavy (non-hydrogen) atoms. The van der Waals surface area contributed by atoms with Crippen molar-refractivity contribution in [1.82, 2.24) is 0 Å². The van der Waals surface area contributed by atoms with Crippen molar-refractivity contribution in [3.05, 3.63) is 158 Å². The molecule has 0 aromatic heterocycles. The van der Waals surface area contributed by atoms with Crippen LogP contribution in [0.1, 0.15) is 0 Å². The van der Waals surface area contributed by atoms with Crippen molar-refractivity contribution in [3.8, 4) is 33.8 Å². The molecule has 0 fully saturated rings. The Morgan fingerprint density at radius 2 is 0.829 bits per heavy atom. The molecule has 0 saturated carbocycles. The molecule has 0 N–H and O–H groups in total. The van der Waals surface area contributed by atoms with Crippen LogP contribution in [0.5, 0.6) is 11.5 Å². The molecule has 0 unspecified atom stereocenters. The SMILES string of the molecule is c1ccc2cc(-c3ccc(-c4c5ccccc5c(Oc5cccc6ccccc56)c5ccccc45)cc3)ccc2c1. The van der Waals surface area contributed by atoms with Crippen molar-refractivity contribution < 1.29 is 4.74 Å². The van der Waals surface area contributed by atoms with E-state index in [1.165, 1.54) is 49.2 Å². The first kappa shape index (κ1) is 23.5. The first-order valence-electron chi connectivity index (χ1n) is 14.0. The number of fused-ring (bicyclic) bond motifs is 4. The van der Waals surface area contributed by atoms with Crippen molar-refractivity contribution in [1.29, 1.82) is 0 Å². The molecule has 0 aliphatic heterocycles. The van der Waals surface area contributed by atoms with E-state index in [2.05, 4.69) is 158 Å². The molecule has 1 nitrogen and oxygen atoms in total. The summed E-state index contributed by atoms with van der Waals surface area (Å²) in [6, 6.07) is 56.0. The number of hydrogen-bond acceptors (Lipinski definition) is 1. The van der Waals surface area contributed by atoms with Crippen LogP contribution < -0.4 is 4.74 Å². The molecule has 8 rings (SSSR count). The summed E-state index contributed by atoms with van der Waals surface area (Å²) >= 11 is 0. The highest BCUT2D eigenvalue weighted by Gasteiger charge is 2.17. The second kappa shape index (κ2) is 9.66. The van der Waals surface area contributed by atoms with Crippen LogP contribution in [-0.2, 0) is 0 Å². The zero-order valence-corrected chi connectivity index (χ0v) is 22.4. The Labute approximate surface area is 238 Å². The van der Waals surface area contributed by atoms with E-state index in [9.17, 15) is 0 Å². The topological polar surface area (TPSA) is 9.23 Å². The molecule has 0 radical (unpaired) electrons. The predicted octanol–water partition coefficient (Wildman–Crippen LogP) is 11.4. The summed E-state index contributed by atoms with van der Waals surface area (Å²) in [4.78, 5) is 0. The lowest BCUT2D eigenvalue weighted by molar-refractivity contribution is 0.499. The monoisotopic (exact) mass is 522 g/mol. The zero-order valence-electron chi connectivity index (χ0n) is 22.4. The van der Waals surface area contributed by atoms with Crippen molar-refractivity contribution in [3.63, 3.8) is 0 Å². The first-order valence-corrected chi connectivity index (χ1v) is 14.0. The van der Waals surface area contributed by atoms with E-state index in [1.54, 1.807) is 0 Å². The smallest absolute Gasteiger partial charge is 0.143 e. The molecule has 0 atom stereocenters. The Bertz CT molecular complexity index is 2160. The van der Waals surface area contributed by atoms with Crippen LogP contribution in [0.25, 0.3) is 65.3 Å². The van der Waals surface area contributed by atoms with Gasteiger partial charge in [-0.3, -0.25) is 0 Å². The average Bonchev–Trinajstić information content (AvgIpc) is 3.05. The van der Waals surface area contributed by atoms with E-state index in [4.69, 9.17) is 4.74 Å². The molecule has 0 heterocycles. The van der Waals surface area contributed by atoms with E-state index >= 15 is 0 Å². The van der Waals surface area contributed by atoms with E-state index in [-0.39, 0.29) is 0 Å². The molecule has 0 saturated heterocycles. The lowest BCUT2D eigenvalue weighted by atomic mass is 9.90. The summed E-state index contributed by atoms with van der Waals surface area (Å²) in [5, 5.41) is 9.36. The summed E-state index contributed by atoms with van der Waals surface area (Å²) in [5.41, 5.74) is 4.86. The zero-order chi connectivity index (χ0) is 27.2. The minimum Gasteiger partial charge on any atom is -0.455 e. The van der Waals surface area contributed by atoms with Crippen LogP contribution >= 0.6 is 0 Å². The highest BCUT2D eigenvalue weighted by atomic mass is 16.5. The van der Waals surface area contributed by atoms with Crippen LogP contribution in [0, 0.1) is 0 Å². The molecule has 0 amide bonds. The molecule has 0 aliphatic rings. The lowest BCUT2D eigenvalue weighted by Gasteiger charge is -2.18. The second-order valence-electron chi connectivity index (χ2n) is 10.5. The molecule has 0 aliphatic carbocycles. The highest BCUT2D eigenvalue weighted by molar-refractivity contribution is 6.17. The van der Waals surface area contributed by atoms with E-state index in [0.29, 0.717) is 0 Å². The molecule has 1 heteroatoms. The molecule has 0 bridgehead atoms. The minimum absolute atomic E-state index is 0.867. The summed E-state index contributed by atoms with van der Waals surface area (Å²) < 4.78 is 6.82. The Hall–Kier alpha value is -5.40. The van der Waals surface area contributed by atoms with Crippen LogP contribution in [-0.4, -0.2) is 0 Å². The van der Waals surface area contributed by atoms with Gasteiger partial charge in [-0.25, -0.2) is 0 Å². The fourth-order valence-electron chi connectivity index (χ4n) is 6.10. The van der Waals surface area contributed by atoms with Gasteiger partial charge in [-0.15, -0.1) is 0 Å². The number of ether oxygens (including phenoxy) is 1. The fourth-order valence-corrected chi connectivity index (χ4v) is 6.10. The van der Waals surface area contributed by atoms with Gasteiger partial charge in [0.2, 0.25) is 0 Å². The van der Waals surface area contributed by atoms with Crippen molar-refractivity contribution in [2.24, 2.45) is 0 Å². The number of benzene rings is 8. The Balaban J connectivity index is 1.29. The van der Waals surface area contributed by atoms with Crippen LogP contribution in [0.15, 0.2) is 158 Å². The fraction of sp³-hybridized carbons (Fsp3) is 0. The quantitative estimate of drug-likeness (QED) is 0.209. The molecular weight excluding hydrogens is 496 g/mol. The van der Waals surface area contributed by atoms with Gasteiger partial charge < -0.3 is 4.74 Å². The average molecular weight is 523 g/mol.